The van der Waals surface area contributed by atoms with E-state index < -0.39 is 0 Å². The lowest BCUT2D eigenvalue weighted by molar-refractivity contribution is 0.419. The number of aromatic nitrogens is 1. The summed E-state index contributed by atoms with van der Waals surface area (Å²) in [4.78, 5) is 3.48. The van der Waals surface area contributed by atoms with Crippen LogP contribution in [0.4, 0.5) is 0 Å². The van der Waals surface area contributed by atoms with Crippen molar-refractivity contribution in [2.75, 3.05) is 7.11 Å². The third-order valence-corrected chi connectivity index (χ3v) is 3.52. The van der Waals surface area contributed by atoms with E-state index >= 15 is 0 Å². The fraction of sp³-hybridized carbons (Fsp3) is 0.429. The fourth-order valence-electron chi connectivity index (χ4n) is 2.26. The second-order valence-electron chi connectivity index (χ2n) is 4.77. The highest BCUT2D eigenvalue weighted by atomic mass is 16.5. The van der Waals surface area contributed by atoms with Crippen molar-refractivity contribution in [1.29, 1.82) is 0 Å². The van der Waals surface area contributed by atoms with Crippen LogP contribution in [0.2, 0.25) is 0 Å². The highest BCUT2D eigenvalue weighted by molar-refractivity contribution is 5.89. The minimum atomic E-state index is 0.739. The molecule has 1 aromatic carbocycles. The smallest absolute Gasteiger partial charge is 0.142 e. The molecule has 1 aliphatic rings. The molecule has 3 heteroatoms. The standard InChI is InChI=1S/C14H18N2O/c1-9-11-4-3-5-13(17-2)14(11)16-12(9)8-15-10-6-7-10/h3-5,10,15-16H,6-8H2,1-2H3. The monoisotopic (exact) mass is 230 g/mol. The molecule has 1 fully saturated rings. The summed E-state index contributed by atoms with van der Waals surface area (Å²) >= 11 is 0. The molecule has 1 aliphatic carbocycles. The van der Waals surface area contributed by atoms with Gasteiger partial charge in [0, 0.05) is 23.7 Å². The first-order valence-corrected chi connectivity index (χ1v) is 6.17. The predicted octanol–water partition coefficient (Wildman–Crippen LogP) is 2.74. The van der Waals surface area contributed by atoms with Crippen LogP contribution in [0.5, 0.6) is 5.75 Å². The number of fused-ring (bicyclic) bond motifs is 1. The van der Waals surface area contributed by atoms with Gasteiger partial charge < -0.3 is 15.0 Å². The number of nitrogens with one attached hydrogen (secondary N) is 2. The highest BCUT2D eigenvalue weighted by Gasteiger charge is 2.21. The van der Waals surface area contributed by atoms with Gasteiger partial charge in [-0.3, -0.25) is 0 Å². The molecule has 17 heavy (non-hydrogen) atoms. The Kier molecular flexibility index (Phi) is 2.56. The third-order valence-electron chi connectivity index (χ3n) is 3.52. The maximum absolute atomic E-state index is 5.38. The molecule has 0 spiro atoms. The number of hydrogen-bond donors (Lipinski definition) is 2. The summed E-state index contributed by atoms with van der Waals surface area (Å²) in [5, 5.41) is 4.80. The number of methoxy groups -OCH3 is 1. The molecule has 1 heterocycles. The van der Waals surface area contributed by atoms with Crippen LogP contribution in [0.15, 0.2) is 18.2 Å². The Balaban J connectivity index is 1.97. The summed E-state index contributed by atoms with van der Waals surface area (Å²) in [7, 11) is 1.72. The molecule has 0 bridgehead atoms. The van der Waals surface area contributed by atoms with Gasteiger partial charge in [0.25, 0.3) is 0 Å². The van der Waals surface area contributed by atoms with E-state index in [-0.39, 0.29) is 0 Å². The number of hydrogen-bond acceptors (Lipinski definition) is 2. The van der Waals surface area contributed by atoms with E-state index in [9.17, 15) is 0 Å². The molecule has 90 valence electrons. The fourth-order valence-corrected chi connectivity index (χ4v) is 2.26. The van der Waals surface area contributed by atoms with Crippen LogP contribution in [-0.4, -0.2) is 18.1 Å². The number of benzene rings is 1. The number of H-pyrrole nitrogens is 1. The second-order valence-corrected chi connectivity index (χ2v) is 4.77. The first-order chi connectivity index (χ1) is 8.29. The van der Waals surface area contributed by atoms with Crippen molar-refractivity contribution in [2.24, 2.45) is 0 Å². The quantitative estimate of drug-likeness (QED) is 0.847. The summed E-state index contributed by atoms with van der Waals surface area (Å²) in [6.07, 6.45) is 2.64. The van der Waals surface area contributed by atoms with E-state index in [2.05, 4.69) is 23.3 Å². The first-order valence-electron chi connectivity index (χ1n) is 6.17. The molecular formula is C14H18N2O. The van der Waals surface area contributed by atoms with E-state index in [0.717, 1.165) is 23.9 Å². The van der Waals surface area contributed by atoms with Crippen molar-refractivity contribution >= 4 is 10.9 Å². The van der Waals surface area contributed by atoms with Gasteiger partial charge in [0.15, 0.2) is 0 Å². The zero-order valence-corrected chi connectivity index (χ0v) is 10.3. The number of aromatic amines is 1. The van der Waals surface area contributed by atoms with Crippen molar-refractivity contribution in [3.8, 4) is 5.75 Å². The Bertz CT molecular complexity index is 540. The molecule has 0 aliphatic heterocycles. The summed E-state index contributed by atoms with van der Waals surface area (Å²) in [6, 6.07) is 6.92. The lowest BCUT2D eigenvalue weighted by atomic mass is 10.1. The van der Waals surface area contributed by atoms with E-state index in [0.29, 0.717) is 0 Å². The molecule has 3 rings (SSSR count). The number of aryl methyl sites for hydroxylation is 1. The van der Waals surface area contributed by atoms with E-state index in [1.54, 1.807) is 7.11 Å². The van der Waals surface area contributed by atoms with Crippen LogP contribution in [0, 0.1) is 6.92 Å². The van der Waals surface area contributed by atoms with E-state index in [1.165, 1.54) is 29.5 Å². The normalized spacial score (nSPS) is 15.4. The molecule has 2 N–H and O–H groups in total. The van der Waals surface area contributed by atoms with Crippen LogP contribution in [0.25, 0.3) is 10.9 Å². The van der Waals surface area contributed by atoms with Crippen molar-refractivity contribution in [2.45, 2.75) is 32.4 Å². The van der Waals surface area contributed by atoms with Crippen molar-refractivity contribution in [3.63, 3.8) is 0 Å². The molecule has 3 nitrogen and oxygen atoms in total. The topological polar surface area (TPSA) is 37.0 Å². The molecule has 0 radical (unpaired) electrons. The van der Waals surface area contributed by atoms with Crippen LogP contribution in [0.1, 0.15) is 24.1 Å². The lowest BCUT2D eigenvalue weighted by Gasteiger charge is -2.01. The number of para-hydroxylation sites is 1. The number of ether oxygens (including phenoxy) is 1. The Morgan fingerprint density at radius 3 is 2.94 bits per heavy atom. The first kappa shape index (κ1) is 10.7. The second kappa shape index (κ2) is 4.08. The van der Waals surface area contributed by atoms with Gasteiger partial charge in [-0.2, -0.15) is 0 Å². The van der Waals surface area contributed by atoms with Crippen LogP contribution >= 0.6 is 0 Å². The van der Waals surface area contributed by atoms with Gasteiger partial charge in [-0.15, -0.1) is 0 Å². The average Bonchev–Trinajstić information content (AvgIpc) is 3.12. The number of rotatable bonds is 4. The van der Waals surface area contributed by atoms with Gasteiger partial charge in [0.2, 0.25) is 0 Å². The van der Waals surface area contributed by atoms with Crippen molar-refractivity contribution < 1.29 is 4.74 Å². The Hall–Kier alpha value is -1.48. The van der Waals surface area contributed by atoms with Crippen molar-refractivity contribution in [3.05, 3.63) is 29.5 Å². The zero-order chi connectivity index (χ0) is 11.8. The van der Waals surface area contributed by atoms with Gasteiger partial charge >= 0.3 is 0 Å². The molecule has 1 aromatic heterocycles. The molecule has 0 unspecified atom stereocenters. The largest absolute Gasteiger partial charge is 0.495 e. The minimum Gasteiger partial charge on any atom is -0.495 e. The molecular weight excluding hydrogens is 212 g/mol. The third kappa shape index (κ3) is 1.91. The highest BCUT2D eigenvalue weighted by Crippen LogP contribution is 2.29. The van der Waals surface area contributed by atoms with Gasteiger partial charge in [-0.25, -0.2) is 0 Å². The maximum atomic E-state index is 5.38. The van der Waals surface area contributed by atoms with Gasteiger partial charge in [0.05, 0.1) is 12.6 Å². The molecule has 0 amide bonds. The predicted molar refractivity (Wildman–Crippen MR) is 69.4 cm³/mol. The average molecular weight is 230 g/mol. The Labute approximate surface area is 101 Å². The zero-order valence-electron chi connectivity index (χ0n) is 10.3. The van der Waals surface area contributed by atoms with Crippen LogP contribution in [0.3, 0.4) is 0 Å². The van der Waals surface area contributed by atoms with Crippen LogP contribution in [-0.2, 0) is 6.54 Å². The minimum absolute atomic E-state index is 0.739. The maximum Gasteiger partial charge on any atom is 0.142 e. The Morgan fingerprint density at radius 1 is 1.41 bits per heavy atom. The van der Waals surface area contributed by atoms with E-state index in [4.69, 9.17) is 4.74 Å². The lowest BCUT2D eigenvalue weighted by Crippen LogP contribution is -2.16. The molecule has 2 aromatic rings. The van der Waals surface area contributed by atoms with Gasteiger partial charge in [-0.1, -0.05) is 12.1 Å². The van der Waals surface area contributed by atoms with E-state index in [1.807, 2.05) is 12.1 Å². The molecule has 0 atom stereocenters. The molecule has 0 saturated heterocycles. The van der Waals surface area contributed by atoms with Gasteiger partial charge in [0.1, 0.15) is 5.75 Å². The van der Waals surface area contributed by atoms with Crippen LogP contribution < -0.4 is 10.1 Å². The summed E-state index contributed by atoms with van der Waals surface area (Å²) in [6.45, 7) is 3.09. The summed E-state index contributed by atoms with van der Waals surface area (Å²) in [5.41, 5.74) is 3.71. The summed E-state index contributed by atoms with van der Waals surface area (Å²) < 4.78 is 5.38. The van der Waals surface area contributed by atoms with Crippen molar-refractivity contribution in [1.82, 2.24) is 10.3 Å². The summed E-state index contributed by atoms with van der Waals surface area (Å²) in [5.74, 6) is 0.920. The molecule has 1 saturated carbocycles. The SMILES string of the molecule is COc1cccc2c(C)c(CNC3CC3)[nH]c12. The Morgan fingerprint density at radius 2 is 2.24 bits per heavy atom. The van der Waals surface area contributed by atoms with Gasteiger partial charge in [-0.05, 0) is 31.4 Å².